The second-order valence-electron chi connectivity index (χ2n) is 21.5. The Kier molecular flexibility index (Phi) is 28.0. The number of nitriles is 2. The average molecular weight is 1080 g/mol. The first-order valence-corrected chi connectivity index (χ1v) is 31.2. The summed E-state index contributed by atoms with van der Waals surface area (Å²) in [5, 5.41) is 26.0. The molecule has 0 aliphatic carbocycles. The van der Waals surface area contributed by atoms with E-state index in [4.69, 9.17) is 28.4 Å². The molecule has 6 aromatic rings. The SMILES string of the molecule is CCCCCCOc1c(C#N)ccc2c(OCCCCCC)c(/C=C/c3ccc4c(OCCCCCC)c(/C=C/c5ccc6c(OCCCCCC)c(C#N)ccc6c5OCCCCCC)ccc4c3OCCCCCC)ccc12. The Hall–Kier alpha value is -6.64. The van der Waals surface area contributed by atoms with Crippen molar-refractivity contribution in [2.75, 3.05) is 39.6 Å². The van der Waals surface area contributed by atoms with Gasteiger partial charge in [0.2, 0.25) is 0 Å². The standard InChI is InChI=1S/C72H94N2O6/c1-7-13-19-25-47-75-67-55(31-33-57-37-43-65-63(69(57)77-49-27-21-15-9-3)45-39-59(53-73)71(65)79-51-29-23-17-11-5)35-42-62-61(67)41-36-56(68(62)76-48-26-20-14-8-2)32-34-58-38-44-66-64(70(58)78-50-28-22-16-10-4)46-40-60(54-74)72(66)80-52-30-24-18-12-6/h31-46H,7-30,47-52H2,1-6H3/b33-31+,34-32+. The number of rotatable bonds is 40. The lowest BCUT2D eigenvalue weighted by molar-refractivity contribution is 0.304. The van der Waals surface area contributed by atoms with Crippen molar-refractivity contribution in [2.24, 2.45) is 0 Å². The van der Waals surface area contributed by atoms with Crippen molar-refractivity contribution in [3.8, 4) is 46.6 Å². The highest BCUT2D eigenvalue weighted by molar-refractivity contribution is 6.02. The number of unbranched alkanes of at least 4 members (excludes halogenated alkanes) is 18. The summed E-state index contributed by atoms with van der Waals surface area (Å²) >= 11 is 0. The van der Waals surface area contributed by atoms with Crippen LogP contribution < -0.4 is 28.4 Å². The number of ether oxygens (including phenoxy) is 6. The molecule has 0 heterocycles. The van der Waals surface area contributed by atoms with Crippen LogP contribution >= 0.6 is 0 Å². The first-order chi connectivity index (χ1) is 39.5. The van der Waals surface area contributed by atoms with E-state index < -0.39 is 0 Å². The van der Waals surface area contributed by atoms with Crippen LogP contribution in [-0.4, -0.2) is 39.6 Å². The normalized spacial score (nSPS) is 11.5. The van der Waals surface area contributed by atoms with Gasteiger partial charge in [-0.25, -0.2) is 0 Å². The minimum absolute atomic E-state index is 0.536. The van der Waals surface area contributed by atoms with E-state index in [1.807, 2.05) is 24.3 Å². The second kappa shape index (κ2) is 35.9. The summed E-state index contributed by atoms with van der Waals surface area (Å²) in [4.78, 5) is 0. The van der Waals surface area contributed by atoms with Gasteiger partial charge in [0.05, 0.1) is 50.8 Å². The number of fused-ring (bicyclic) bond motifs is 3. The minimum Gasteiger partial charge on any atom is -0.492 e. The summed E-state index contributed by atoms with van der Waals surface area (Å²) in [6, 6.07) is 29.6. The molecule has 0 N–H and O–H groups in total. The molecule has 0 bridgehead atoms. The quantitative estimate of drug-likeness (QED) is 0.0277. The molecular formula is C72H94N2O6. The van der Waals surface area contributed by atoms with Gasteiger partial charge in [0, 0.05) is 54.6 Å². The number of benzene rings is 6. The molecule has 0 radical (unpaired) electrons. The highest BCUT2D eigenvalue weighted by Crippen LogP contribution is 2.43. The molecule has 0 atom stereocenters. The maximum absolute atomic E-state index is 10.2. The van der Waals surface area contributed by atoms with E-state index >= 15 is 0 Å². The summed E-state index contributed by atoms with van der Waals surface area (Å²) < 4.78 is 40.2. The van der Waals surface area contributed by atoms with Crippen molar-refractivity contribution in [2.45, 2.75) is 196 Å². The number of hydrogen-bond donors (Lipinski definition) is 0. The minimum atomic E-state index is 0.536. The van der Waals surface area contributed by atoms with Gasteiger partial charge >= 0.3 is 0 Å². The molecule has 0 amide bonds. The monoisotopic (exact) mass is 1080 g/mol. The van der Waals surface area contributed by atoms with Crippen LogP contribution in [0.15, 0.2) is 72.8 Å². The smallest absolute Gasteiger partial charge is 0.144 e. The van der Waals surface area contributed by atoms with Crippen LogP contribution in [0.1, 0.15) is 229 Å². The van der Waals surface area contributed by atoms with Gasteiger partial charge in [-0.15, -0.1) is 0 Å². The van der Waals surface area contributed by atoms with Gasteiger partial charge in [0.1, 0.15) is 46.6 Å². The van der Waals surface area contributed by atoms with Crippen molar-refractivity contribution < 1.29 is 28.4 Å². The number of nitrogens with zero attached hydrogens (tertiary/aromatic N) is 2. The predicted octanol–water partition coefficient (Wildman–Crippen LogP) is 21.0. The summed E-state index contributed by atoms with van der Waals surface area (Å²) in [5.74, 6) is 4.51. The zero-order valence-electron chi connectivity index (χ0n) is 49.8. The van der Waals surface area contributed by atoms with Gasteiger partial charge < -0.3 is 28.4 Å². The van der Waals surface area contributed by atoms with E-state index in [2.05, 4.69) is 127 Å². The van der Waals surface area contributed by atoms with Crippen molar-refractivity contribution in [3.63, 3.8) is 0 Å². The van der Waals surface area contributed by atoms with Gasteiger partial charge in [-0.05, 0) is 87.1 Å². The van der Waals surface area contributed by atoms with Crippen LogP contribution in [-0.2, 0) is 0 Å². The molecule has 0 fully saturated rings. The molecule has 0 aliphatic rings. The van der Waals surface area contributed by atoms with E-state index in [1.165, 1.54) is 38.5 Å². The maximum Gasteiger partial charge on any atom is 0.144 e. The molecule has 8 heteroatoms. The Balaban J connectivity index is 1.45. The lowest BCUT2D eigenvalue weighted by atomic mass is 9.98. The third kappa shape index (κ3) is 18.2. The predicted molar refractivity (Wildman–Crippen MR) is 337 cm³/mol. The van der Waals surface area contributed by atoms with E-state index in [0.29, 0.717) is 62.3 Å². The molecule has 8 nitrogen and oxygen atoms in total. The fourth-order valence-electron chi connectivity index (χ4n) is 10.4. The van der Waals surface area contributed by atoms with Crippen LogP contribution in [0.2, 0.25) is 0 Å². The molecule has 0 aliphatic heterocycles. The van der Waals surface area contributed by atoms with Crippen LogP contribution in [0, 0.1) is 22.7 Å². The van der Waals surface area contributed by atoms with E-state index in [1.54, 1.807) is 0 Å². The number of hydrogen-bond acceptors (Lipinski definition) is 8. The summed E-state index contributed by atoms with van der Waals surface area (Å²) in [6.07, 6.45) is 34.9. The topological polar surface area (TPSA) is 103 Å². The van der Waals surface area contributed by atoms with Crippen LogP contribution in [0.25, 0.3) is 56.6 Å². The van der Waals surface area contributed by atoms with Crippen molar-refractivity contribution >= 4 is 56.6 Å². The second-order valence-corrected chi connectivity index (χ2v) is 21.5. The average Bonchev–Trinajstić information content (AvgIpc) is 3.52. The molecule has 428 valence electrons. The lowest BCUT2D eigenvalue weighted by Gasteiger charge is -2.18. The third-order valence-corrected chi connectivity index (χ3v) is 15.0. The fraction of sp³-hybridized carbons (Fsp3) is 0.500. The first-order valence-electron chi connectivity index (χ1n) is 31.2. The van der Waals surface area contributed by atoms with Crippen LogP contribution in [0.3, 0.4) is 0 Å². The lowest BCUT2D eigenvalue weighted by Crippen LogP contribution is -2.03. The Bertz CT molecular complexity index is 2780. The Labute approximate surface area is 481 Å². The van der Waals surface area contributed by atoms with Gasteiger partial charge in [0.25, 0.3) is 0 Å². The molecule has 0 aromatic heterocycles. The van der Waals surface area contributed by atoms with Crippen molar-refractivity contribution in [1.82, 2.24) is 0 Å². The largest absolute Gasteiger partial charge is 0.492 e. The van der Waals surface area contributed by atoms with E-state index in [9.17, 15) is 10.5 Å². The maximum atomic E-state index is 10.2. The molecular weight excluding hydrogens is 989 g/mol. The Morgan fingerprint density at radius 1 is 0.263 bits per heavy atom. The van der Waals surface area contributed by atoms with Crippen LogP contribution in [0.4, 0.5) is 0 Å². The Morgan fingerprint density at radius 2 is 0.463 bits per heavy atom. The molecule has 6 aromatic carbocycles. The summed E-state index contributed by atoms with van der Waals surface area (Å²) in [6.45, 7) is 16.9. The van der Waals surface area contributed by atoms with E-state index in [-0.39, 0.29) is 0 Å². The first kappa shape index (κ1) is 62.6. The third-order valence-electron chi connectivity index (χ3n) is 15.0. The van der Waals surface area contributed by atoms with E-state index in [0.717, 1.165) is 193 Å². The fourth-order valence-corrected chi connectivity index (χ4v) is 10.4. The zero-order chi connectivity index (χ0) is 56.6. The molecule has 6 rings (SSSR count). The van der Waals surface area contributed by atoms with Crippen molar-refractivity contribution in [1.29, 1.82) is 10.5 Å². The molecule has 0 spiro atoms. The van der Waals surface area contributed by atoms with Gasteiger partial charge in [-0.3, -0.25) is 0 Å². The molecule has 0 saturated heterocycles. The van der Waals surface area contributed by atoms with Crippen LogP contribution in [0.5, 0.6) is 34.5 Å². The molecule has 0 saturated carbocycles. The van der Waals surface area contributed by atoms with Crippen molar-refractivity contribution in [3.05, 3.63) is 106 Å². The highest BCUT2D eigenvalue weighted by atomic mass is 16.5. The zero-order valence-corrected chi connectivity index (χ0v) is 49.8. The summed E-state index contributed by atoms with van der Waals surface area (Å²) in [5.41, 5.74) is 4.91. The highest BCUT2D eigenvalue weighted by Gasteiger charge is 2.20. The Morgan fingerprint density at radius 3 is 0.675 bits per heavy atom. The van der Waals surface area contributed by atoms with Gasteiger partial charge in [-0.2, -0.15) is 10.5 Å². The van der Waals surface area contributed by atoms with Gasteiger partial charge in [0.15, 0.2) is 0 Å². The molecule has 80 heavy (non-hydrogen) atoms. The molecule has 0 unspecified atom stereocenters. The summed E-state index contributed by atoms with van der Waals surface area (Å²) in [7, 11) is 0. The van der Waals surface area contributed by atoms with Gasteiger partial charge in [-0.1, -0.05) is 206 Å².